The van der Waals surface area contributed by atoms with Gasteiger partial charge in [0, 0.05) is 5.69 Å². The van der Waals surface area contributed by atoms with Crippen LogP contribution in [-0.2, 0) is 9.59 Å². The lowest BCUT2D eigenvalue weighted by molar-refractivity contribution is -0.123. The number of hydrogen-bond donors (Lipinski definition) is 2. The van der Waals surface area contributed by atoms with Crippen LogP contribution in [0.3, 0.4) is 0 Å². The molecule has 2 N–H and O–H groups in total. The van der Waals surface area contributed by atoms with Gasteiger partial charge in [-0.15, -0.1) is 0 Å². The van der Waals surface area contributed by atoms with Crippen LogP contribution in [0.2, 0.25) is 0 Å². The van der Waals surface area contributed by atoms with Crippen LogP contribution < -0.4 is 25.0 Å². The highest BCUT2D eigenvalue weighted by atomic mass is 16.5. The maximum atomic E-state index is 12.0. The maximum absolute atomic E-state index is 12.0. The van der Waals surface area contributed by atoms with Crippen LogP contribution >= 0.6 is 0 Å². The van der Waals surface area contributed by atoms with Gasteiger partial charge in [0.1, 0.15) is 5.75 Å². The van der Waals surface area contributed by atoms with E-state index in [0.717, 1.165) is 16.8 Å². The van der Waals surface area contributed by atoms with E-state index in [0.29, 0.717) is 17.2 Å². The van der Waals surface area contributed by atoms with Crippen molar-refractivity contribution in [2.75, 3.05) is 25.6 Å². The third-order valence-electron chi connectivity index (χ3n) is 4.42. The van der Waals surface area contributed by atoms with Gasteiger partial charge in [0.2, 0.25) is 0 Å². The van der Waals surface area contributed by atoms with E-state index in [-0.39, 0.29) is 19.1 Å². The summed E-state index contributed by atoms with van der Waals surface area (Å²) in [6.07, 6.45) is 1.49. The first-order valence-electron chi connectivity index (χ1n) is 10.2. The maximum Gasteiger partial charge on any atom is 0.277 e. The Hall–Kier alpha value is -4.33. The molecule has 0 heterocycles. The number of amides is 2. The van der Waals surface area contributed by atoms with Gasteiger partial charge in [0.15, 0.2) is 24.7 Å². The van der Waals surface area contributed by atoms with Crippen molar-refractivity contribution in [2.45, 2.75) is 6.92 Å². The lowest BCUT2D eigenvalue weighted by Crippen LogP contribution is -2.24. The number of nitrogens with zero attached hydrogens (tertiary/aromatic N) is 1. The average Bonchev–Trinajstić information content (AvgIpc) is 2.84. The minimum Gasteiger partial charge on any atom is -0.493 e. The highest BCUT2D eigenvalue weighted by Gasteiger charge is 2.06. The van der Waals surface area contributed by atoms with Crippen LogP contribution in [0, 0.1) is 6.92 Å². The molecule has 0 aliphatic carbocycles. The summed E-state index contributed by atoms with van der Waals surface area (Å²) >= 11 is 0. The Balaban J connectivity index is 1.39. The van der Waals surface area contributed by atoms with Gasteiger partial charge >= 0.3 is 0 Å². The van der Waals surface area contributed by atoms with Crippen LogP contribution in [0.1, 0.15) is 11.1 Å². The number of aryl methyl sites for hydroxylation is 1. The highest BCUT2D eigenvalue weighted by Crippen LogP contribution is 2.25. The summed E-state index contributed by atoms with van der Waals surface area (Å²) in [5, 5.41) is 6.69. The SMILES string of the molecule is COc1ccccc1OCC(=O)N/N=C\c1ccc(OCC(=O)Nc2ccc(C)cc2)cc1. The smallest absolute Gasteiger partial charge is 0.277 e. The molecule has 0 saturated carbocycles. The molecule has 8 nitrogen and oxygen atoms in total. The zero-order chi connectivity index (χ0) is 23.5. The molecule has 170 valence electrons. The van der Waals surface area contributed by atoms with Gasteiger partial charge in [-0.25, -0.2) is 5.43 Å². The van der Waals surface area contributed by atoms with Crippen molar-refractivity contribution in [2.24, 2.45) is 5.10 Å². The first-order valence-corrected chi connectivity index (χ1v) is 10.2. The van der Waals surface area contributed by atoms with Crippen LogP contribution in [0.25, 0.3) is 0 Å². The number of benzene rings is 3. The number of hydrazone groups is 1. The Morgan fingerprint density at radius 3 is 2.21 bits per heavy atom. The Labute approximate surface area is 192 Å². The van der Waals surface area contributed by atoms with Crippen molar-refractivity contribution >= 4 is 23.7 Å². The second-order valence-electron chi connectivity index (χ2n) is 7.00. The van der Waals surface area contributed by atoms with E-state index >= 15 is 0 Å². The predicted octanol–water partition coefficient (Wildman–Crippen LogP) is 3.55. The number of nitrogens with one attached hydrogen (secondary N) is 2. The third kappa shape index (κ3) is 7.70. The van der Waals surface area contributed by atoms with E-state index in [1.807, 2.05) is 37.3 Å². The number of carbonyl (C=O) groups excluding carboxylic acids is 2. The summed E-state index contributed by atoms with van der Waals surface area (Å²) in [7, 11) is 1.53. The molecule has 2 amide bonds. The third-order valence-corrected chi connectivity index (χ3v) is 4.42. The molecule has 3 aromatic rings. The van der Waals surface area contributed by atoms with Crippen molar-refractivity contribution in [3.63, 3.8) is 0 Å². The average molecular weight is 447 g/mol. The van der Waals surface area contributed by atoms with E-state index < -0.39 is 5.91 Å². The summed E-state index contributed by atoms with van der Waals surface area (Å²) in [4.78, 5) is 23.9. The van der Waals surface area contributed by atoms with E-state index in [1.54, 1.807) is 42.5 Å². The number of methoxy groups -OCH3 is 1. The molecule has 0 aliphatic rings. The standard InChI is InChI=1S/C25H25N3O5/c1-18-7-11-20(12-8-18)27-24(29)16-32-21-13-9-19(10-14-21)15-26-28-25(30)17-33-23-6-4-3-5-22(23)31-2/h3-15H,16-17H2,1-2H3,(H,27,29)(H,28,30)/b26-15-. The molecule has 0 aromatic heterocycles. The van der Waals surface area contributed by atoms with E-state index in [9.17, 15) is 9.59 Å². The molecule has 33 heavy (non-hydrogen) atoms. The fourth-order valence-electron chi connectivity index (χ4n) is 2.73. The molecule has 0 spiro atoms. The van der Waals surface area contributed by atoms with Crippen molar-refractivity contribution in [3.8, 4) is 17.2 Å². The largest absolute Gasteiger partial charge is 0.493 e. The number of ether oxygens (including phenoxy) is 3. The predicted molar refractivity (Wildman–Crippen MR) is 126 cm³/mol. The number of carbonyl (C=O) groups is 2. The minimum atomic E-state index is -0.406. The van der Waals surface area contributed by atoms with Gasteiger partial charge in [-0.05, 0) is 61.0 Å². The van der Waals surface area contributed by atoms with Crippen molar-refractivity contribution < 1.29 is 23.8 Å². The molecule has 3 rings (SSSR count). The molecular weight excluding hydrogens is 422 g/mol. The number of rotatable bonds is 10. The van der Waals surface area contributed by atoms with E-state index in [2.05, 4.69) is 15.8 Å². The summed E-state index contributed by atoms with van der Waals surface area (Å²) < 4.78 is 16.1. The molecule has 0 saturated heterocycles. The Kier molecular flexibility index (Phi) is 8.41. The van der Waals surface area contributed by atoms with Crippen LogP contribution in [0.4, 0.5) is 5.69 Å². The first-order chi connectivity index (χ1) is 16.0. The zero-order valence-electron chi connectivity index (χ0n) is 18.4. The summed E-state index contributed by atoms with van der Waals surface area (Å²) in [5.74, 6) is 0.908. The molecule has 0 fully saturated rings. The van der Waals surface area contributed by atoms with Gasteiger partial charge in [-0.3, -0.25) is 9.59 Å². The van der Waals surface area contributed by atoms with E-state index in [1.165, 1.54) is 13.3 Å². The second kappa shape index (κ2) is 11.9. The monoisotopic (exact) mass is 447 g/mol. The molecule has 0 aliphatic heterocycles. The van der Waals surface area contributed by atoms with Crippen molar-refractivity contribution in [3.05, 3.63) is 83.9 Å². The summed E-state index contributed by atoms with van der Waals surface area (Å²) in [6.45, 7) is 1.67. The van der Waals surface area contributed by atoms with Gasteiger partial charge in [0.25, 0.3) is 11.8 Å². The quantitative estimate of drug-likeness (QED) is 0.366. The summed E-state index contributed by atoms with van der Waals surface area (Å²) in [5.41, 5.74) is 4.99. The molecule has 0 radical (unpaired) electrons. The van der Waals surface area contributed by atoms with E-state index in [4.69, 9.17) is 14.2 Å². The lowest BCUT2D eigenvalue weighted by Gasteiger charge is -2.09. The Morgan fingerprint density at radius 2 is 1.52 bits per heavy atom. The fourth-order valence-corrected chi connectivity index (χ4v) is 2.73. The molecular formula is C25H25N3O5. The minimum absolute atomic E-state index is 0.108. The topological polar surface area (TPSA) is 98.2 Å². The summed E-state index contributed by atoms with van der Waals surface area (Å²) in [6, 6.07) is 21.5. The first kappa shape index (κ1) is 23.3. The van der Waals surface area contributed by atoms with Crippen LogP contribution in [0.5, 0.6) is 17.2 Å². The lowest BCUT2D eigenvalue weighted by atomic mass is 10.2. The Morgan fingerprint density at radius 1 is 0.848 bits per heavy atom. The van der Waals surface area contributed by atoms with Crippen LogP contribution in [0.15, 0.2) is 77.9 Å². The number of hydrogen-bond acceptors (Lipinski definition) is 6. The van der Waals surface area contributed by atoms with Gasteiger partial charge in [0.05, 0.1) is 13.3 Å². The molecule has 0 bridgehead atoms. The van der Waals surface area contributed by atoms with Gasteiger partial charge in [-0.2, -0.15) is 5.10 Å². The highest BCUT2D eigenvalue weighted by molar-refractivity contribution is 5.91. The Bertz CT molecular complexity index is 1100. The zero-order valence-corrected chi connectivity index (χ0v) is 18.4. The number of para-hydroxylation sites is 2. The van der Waals surface area contributed by atoms with Crippen molar-refractivity contribution in [1.82, 2.24) is 5.43 Å². The van der Waals surface area contributed by atoms with Crippen LogP contribution in [-0.4, -0.2) is 38.4 Å². The number of anilines is 1. The molecule has 3 aromatic carbocycles. The van der Waals surface area contributed by atoms with Crippen molar-refractivity contribution in [1.29, 1.82) is 0 Å². The molecule has 8 heteroatoms. The molecule has 0 atom stereocenters. The second-order valence-corrected chi connectivity index (χ2v) is 7.00. The van der Waals surface area contributed by atoms with Gasteiger partial charge in [-0.1, -0.05) is 29.8 Å². The fraction of sp³-hybridized carbons (Fsp3) is 0.160. The van der Waals surface area contributed by atoms with Gasteiger partial charge < -0.3 is 19.5 Å². The normalized spacial score (nSPS) is 10.5. The molecule has 0 unspecified atom stereocenters.